The maximum atomic E-state index is 5.42. The predicted molar refractivity (Wildman–Crippen MR) is 55.7 cm³/mol. The second-order valence-electron chi connectivity index (χ2n) is 3.44. The van der Waals surface area contributed by atoms with Crippen molar-refractivity contribution in [3.8, 4) is 12.3 Å². The molecule has 3 nitrogen and oxygen atoms in total. The van der Waals surface area contributed by atoms with Crippen LogP contribution in [-0.2, 0) is 6.54 Å². The van der Waals surface area contributed by atoms with E-state index in [4.69, 9.17) is 10.8 Å². The summed E-state index contributed by atoms with van der Waals surface area (Å²) in [5, 5.41) is 3.24. The molecule has 1 N–H and O–H groups in total. The van der Waals surface area contributed by atoms with Gasteiger partial charge in [0.1, 0.15) is 5.76 Å². The van der Waals surface area contributed by atoms with E-state index in [2.05, 4.69) is 16.2 Å². The Kier molecular flexibility index (Phi) is 3.73. The Balaban J connectivity index is 2.42. The van der Waals surface area contributed by atoms with Gasteiger partial charge in [0.05, 0.1) is 12.2 Å². The number of nitrogens with one attached hydrogen (secondary N) is 1. The zero-order chi connectivity index (χ0) is 10.6. The number of hydrogen-bond acceptors (Lipinski definition) is 3. The monoisotopic (exact) mass is 192 g/mol. The third-order valence-corrected chi connectivity index (χ3v) is 2.10. The van der Waals surface area contributed by atoms with Gasteiger partial charge in [0.25, 0.3) is 0 Å². The summed E-state index contributed by atoms with van der Waals surface area (Å²) in [4.78, 5) is 4.26. The number of aromatic nitrogens is 1. The molecule has 1 atom stereocenters. The van der Waals surface area contributed by atoms with Crippen LogP contribution in [0.2, 0.25) is 0 Å². The largest absolute Gasteiger partial charge is 0.444 e. The number of aryl methyl sites for hydroxylation is 2. The third kappa shape index (κ3) is 2.90. The van der Waals surface area contributed by atoms with Gasteiger partial charge < -0.3 is 9.73 Å². The zero-order valence-electron chi connectivity index (χ0n) is 8.92. The van der Waals surface area contributed by atoms with Crippen molar-refractivity contribution < 1.29 is 4.42 Å². The molecular formula is C11H16N2O. The van der Waals surface area contributed by atoms with Crippen molar-refractivity contribution in [2.75, 3.05) is 0 Å². The normalized spacial score (nSPS) is 12.4. The molecule has 0 bridgehead atoms. The minimum absolute atomic E-state index is 0.299. The smallest absolute Gasteiger partial charge is 0.208 e. The Bertz CT molecular complexity index is 316. The second kappa shape index (κ2) is 4.83. The summed E-state index contributed by atoms with van der Waals surface area (Å²) in [5.41, 5.74) is 0.950. The summed E-state index contributed by atoms with van der Waals surface area (Å²) >= 11 is 0. The molecule has 0 aliphatic rings. The maximum absolute atomic E-state index is 5.42. The van der Waals surface area contributed by atoms with Gasteiger partial charge in [0.15, 0.2) is 0 Å². The fourth-order valence-electron chi connectivity index (χ4n) is 1.13. The van der Waals surface area contributed by atoms with Gasteiger partial charge in [-0.15, -0.1) is 12.3 Å². The minimum atomic E-state index is 0.299. The SMILES string of the molecule is C#CCC(C)NCc1nc(C)c(C)o1. The molecule has 0 aromatic carbocycles. The molecule has 0 amide bonds. The Hall–Kier alpha value is -1.27. The van der Waals surface area contributed by atoms with E-state index in [9.17, 15) is 0 Å². The lowest BCUT2D eigenvalue weighted by Crippen LogP contribution is -2.24. The van der Waals surface area contributed by atoms with Crippen molar-refractivity contribution in [1.82, 2.24) is 10.3 Å². The molecule has 1 heterocycles. The molecule has 0 aliphatic carbocycles. The highest BCUT2D eigenvalue weighted by molar-refractivity contribution is 5.05. The van der Waals surface area contributed by atoms with Crippen LogP contribution in [0.1, 0.15) is 30.7 Å². The summed E-state index contributed by atoms with van der Waals surface area (Å²) in [6.07, 6.45) is 5.92. The fourth-order valence-corrected chi connectivity index (χ4v) is 1.13. The molecule has 0 spiro atoms. The van der Waals surface area contributed by atoms with E-state index in [1.165, 1.54) is 0 Å². The molecule has 0 aliphatic heterocycles. The van der Waals surface area contributed by atoms with Crippen molar-refractivity contribution in [2.45, 2.75) is 39.8 Å². The molecule has 0 saturated heterocycles. The number of nitrogens with zero attached hydrogens (tertiary/aromatic N) is 1. The van der Waals surface area contributed by atoms with E-state index in [1.807, 2.05) is 20.8 Å². The van der Waals surface area contributed by atoms with Gasteiger partial charge in [0, 0.05) is 12.5 Å². The molecule has 14 heavy (non-hydrogen) atoms. The van der Waals surface area contributed by atoms with Gasteiger partial charge in [-0.2, -0.15) is 0 Å². The van der Waals surface area contributed by atoms with Crippen LogP contribution in [0.25, 0.3) is 0 Å². The van der Waals surface area contributed by atoms with E-state index in [1.54, 1.807) is 0 Å². The molecule has 1 aromatic heterocycles. The fraction of sp³-hybridized carbons (Fsp3) is 0.545. The van der Waals surface area contributed by atoms with Gasteiger partial charge in [-0.3, -0.25) is 0 Å². The molecular weight excluding hydrogens is 176 g/mol. The van der Waals surface area contributed by atoms with Crippen LogP contribution in [0.5, 0.6) is 0 Å². The predicted octanol–water partition coefficient (Wildman–Crippen LogP) is 1.79. The first kappa shape index (κ1) is 10.8. The lowest BCUT2D eigenvalue weighted by molar-refractivity contribution is 0.430. The molecule has 0 saturated carbocycles. The summed E-state index contributed by atoms with van der Waals surface area (Å²) in [5.74, 6) is 4.21. The summed E-state index contributed by atoms with van der Waals surface area (Å²) < 4.78 is 5.42. The standard InChI is InChI=1S/C11H16N2O/c1-5-6-8(2)12-7-11-13-9(3)10(4)14-11/h1,8,12H,6-7H2,2-4H3. The number of rotatable bonds is 4. The van der Waals surface area contributed by atoms with Gasteiger partial charge in [-0.1, -0.05) is 0 Å². The first-order valence-corrected chi connectivity index (χ1v) is 4.73. The average molecular weight is 192 g/mol. The second-order valence-corrected chi connectivity index (χ2v) is 3.44. The third-order valence-electron chi connectivity index (χ3n) is 2.10. The van der Waals surface area contributed by atoms with Crippen LogP contribution >= 0.6 is 0 Å². The lowest BCUT2D eigenvalue weighted by Gasteiger charge is -2.07. The van der Waals surface area contributed by atoms with Crippen molar-refractivity contribution in [3.05, 3.63) is 17.3 Å². The first-order chi connectivity index (χ1) is 6.63. The van der Waals surface area contributed by atoms with Gasteiger partial charge in [-0.05, 0) is 20.8 Å². The first-order valence-electron chi connectivity index (χ1n) is 4.73. The van der Waals surface area contributed by atoms with Crippen LogP contribution in [0.4, 0.5) is 0 Å². The van der Waals surface area contributed by atoms with E-state index in [0.29, 0.717) is 12.6 Å². The Morgan fingerprint density at radius 2 is 2.29 bits per heavy atom. The van der Waals surface area contributed by atoms with Crippen molar-refractivity contribution in [1.29, 1.82) is 0 Å². The Morgan fingerprint density at radius 1 is 1.57 bits per heavy atom. The minimum Gasteiger partial charge on any atom is -0.444 e. The molecule has 76 valence electrons. The number of hydrogen-bond donors (Lipinski definition) is 1. The highest BCUT2D eigenvalue weighted by atomic mass is 16.4. The van der Waals surface area contributed by atoms with E-state index in [-0.39, 0.29) is 0 Å². The Labute approximate surface area is 84.9 Å². The van der Waals surface area contributed by atoms with Crippen molar-refractivity contribution in [3.63, 3.8) is 0 Å². The van der Waals surface area contributed by atoms with Crippen LogP contribution in [0.3, 0.4) is 0 Å². The van der Waals surface area contributed by atoms with Gasteiger partial charge in [0.2, 0.25) is 5.89 Å². The number of terminal acetylenes is 1. The molecule has 1 aromatic rings. The maximum Gasteiger partial charge on any atom is 0.208 e. The van der Waals surface area contributed by atoms with Crippen LogP contribution in [-0.4, -0.2) is 11.0 Å². The molecule has 1 unspecified atom stereocenters. The van der Waals surface area contributed by atoms with E-state index in [0.717, 1.165) is 23.8 Å². The Morgan fingerprint density at radius 3 is 2.79 bits per heavy atom. The van der Waals surface area contributed by atoms with Gasteiger partial charge >= 0.3 is 0 Å². The summed E-state index contributed by atoms with van der Waals surface area (Å²) in [6.45, 7) is 6.53. The molecule has 3 heteroatoms. The van der Waals surface area contributed by atoms with Crippen molar-refractivity contribution >= 4 is 0 Å². The molecule has 0 fully saturated rings. The molecule has 0 radical (unpaired) electrons. The zero-order valence-corrected chi connectivity index (χ0v) is 8.92. The topological polar surface area (TPSA) is 38.1 Å². The van der Waals surface area contributed by atoms with Crippen LogP contribution < -0.4 is 5.32 Å². The van der Waals surface area contributed by atoms with Gasteiger partial charge in [-0.25, -0.2) is 4.98 Å². The highest BCUT2D eigenvalue weighted by Gasteiger charge is 2.06. The summed E-state index contributed by atoms with van der Waals surface area (Å²) in [6, 6.07) is 0.299. The highest BCUT2D eigenvalue weighted by Crippen LogP contribution is 2.07. The summed E-state index contributed by atoms with van der Waals surface area (Å²) in [7, 11) is 0. The van der Waals surface area contributed by atoms with Crippen LogP contribution in [0, 0.1) is 26.2 Å². The van der Waals surface area contributed by atoms with Crippen LogP contribution in [0.15, 0.2) is 4.42 Å². The number of oxazole rings is 1. The van der Waals surface area contributed by atoms with E-state index < -0.39 is 0 Å². The lowest BCUT2D eigenvalue weighted by atomic mass is 10.2. The quantitative estimate of drug-likeness (QED) is 0.739. The average Bonchev–Trinajstić information content (AvgIpc) is 2.44. The molecule has 1 rings (SSSR count). The van der Waals surface area contributed by atoms with E-state index >= 15 is 0 Å². The van der Waals surface area contributed by atoms with Crippen molar-refractivity contribution in [2.24, 2.45) is 0 Å².